The van der Waals surface area contributed by atoms with Crippen LogP contribution in [0.25, 0.3) is 0 Å². The second-order valence-electron chi connectivity index (χ2n) is 3.81. The van der Waals surface area contributed by atoms with E-state index in [1.807, 2.05) is 13.0 Å². The van der Waals surface area contributed by atoms with E-state index in [1.54, 1.807) is 0 Å². The van der Waals surface area contributed by atoms with Crippen LogP contribution in [0.5, 0.6) is 0 Å². The van der Waals surface area contributed by atoms with Gasteiger partial charge in [0.15, 0.2) is 5.82 Å². The standard InChI is InChI=1S/C11H16N4O2/c1-2-11(6-16,7-17)15-10-9(13)8(5-12)3-4-14-10/h3-4,16-17H,2,6-7,13H2,1H3,(H,14,15). The van der Waals surface area contributed by atoms with Crippen molar-refractivity contribution in [3.63, 3.8) is 0 Å². The Morgan fingerprint density at radius 3 is 2.65 bits per heavy atom. The maximum Gasteiger partial charge on any atom is 0.151 e. The van der Waals surface area contributed by atoms with Crippen molar-refractivity contribution < 1.29 is 10.2 Å². The summed E-state index contributed by atoms with van der Waals surface area (Å²) in [4.78, 5) is 4.01. The molecule has 0 atom stereocenters. The molecule has 6 nitrogen and oxygen atoms in total. The molecule has 1 aromatic heterocycles. The van der Waals surface area contributed by atoms with E-state index in [0.29, 0.717) is 17.8 Å². The van der Waals surface area contributed by atoms with Gasteiger partial charge in [-0.3, -0.25) is 0 Å². The summed E-state index contributed by atoms with van der Waals surface area (Å²) in [7, 11) is 0. The number of hydrogen-bond acceptors (Lipinski definition) is 6. The molecule has 1 rings (SSSR count). The summed E-state index contributed by atoms with van der Waals surface area (Å²) in [5.74, 6) is 0.300. The molecule has 5 N–H and O–H groups in total. The van der Waals surface area contributed by atoms with E-state index in [0.717, 1.165) is 0 Å². The Hall–Kier alpha value is -1.84. The molecule has 0 aromatic carbocycles. The second kappa shape index (κ2) is 5.48. The highest BCUT2D eigenvalue weighted by Crippen LogP contribution is 2.24. The van der Waals surface area contributed by atoms with Gasteiger partial charge in [-0.1, -0.05) is 6.92 Å². The summed E-state index contributed by atoms with van der Waals surface area (Å²) in [5, 5.41) is 30.3. The van der Waals surface area contributed by atoms with Gasteiger partial charge in [0.25, 0.3) is 0 Å². The summed E-state index contributed by atoms with van der Waals surface area (Å²) in [6.07, 6.45) is 1.95. The van der Waals surface area contributed by atoms with Gasteiger partial charge in [0.05, 0.1) is 30.0 Å². The number of rotatable bonds is 5. The first-order chi connectivity index (χ1) is 8.12. The number of aliphatic hydroxyl groups excluding tert-OH is 2. The zero-order valence-electron chi connectivity index (χ0n) is 9.64. The minimum absolute atomic E-state index is 0.217. The molecule has 0 saturated heterocycles. The summed E-state index contributed by atoms with van der Waals surface area (Å²) >= 11 is 0. The van der Waals surface area contributed by atoms with Crippen LogP contribution in [0.4, 0.5) is 11.5 Å². The molecule has 0 bridgehead atoms. The van der Waals surface area contributed by atoms with E-state index < -0.39 is 5.54 Å². The van der Waals surface area contributed by atoms with Gasteiger partial charge < -0.3 is 21.3 Å². The Morgan fingerprint density at radius 2 is 2.18 bits per heavy atom. The molecule has 0 aliphatic carbocycles. The Bertz CT molecular complexity index is 416. The van der Waals surface area contributed by atoms with Crippen molar-refractivity contribution in [2.24, 2.45) is 0 Å². The molecule has 0 aliphatic heterocycles. The SMILES string of the molecule is CCC(CO)(CO)Nc1nccc(C#N)c1N. The molecule has 0 saturated carbocycles. The lowest BCUT2D eigenvalue weighted by molar-refractivity contribution is 0.132. The van der Waals surface area contributed by atoms with Crippen LogP contribution < -0.4 is 11.1 Å². The first kappa shape index (κ1) is 13.2. The van der Waals surface area contributed by atoms with Crippen molar-refractivity contribution in [3.8, 4) is 6.07 Å². The fraction of sp³-hybridized carbons (Fsp3) is 0.455. The Balaban J connectivity index is 3.07. The molecule has 92 valence electrons. The van der Waals surface area contributed by atoms with Crippen LogP contribution in [-0.4, -0.2) is 33.9 Å². The molecular weight excluding hydrogens is 220 g/mol. The number of nitrogens with one attached hydrogen (secondary N) is 1. The predicted molar refractivity (Wildman–Crippen MR) is 64.2 cm³/mol. The largest absolute Gasteiger partial charge is 0.395 e. The zero-order chi connectivity index (χ0) is 12.9. The molecular formula is C11H16N4O2. The molecule has 0 spiro atoms. The Kier molecular flexibility index (Phi) is 4.26. The molecule has 6 heteroatoms. The highest BCUT2D eigenvalue weighted by atomic mass is 16.3. The molecule has 1 aromatic rings. The smallest absolute Gasteiger partial charge is 0.151 e. The zero-order valence-corrected chi connectivity index (χ0v) is 9.64. The number of pyridine rings is 1. The predicted octanol–water partition coefficient (Wildman–Crippen LogP) is 0.0808. The number of aliphatic hydroxyl groups is 2. The number of nitrogens with two attached hydrogens (primary N) is 1. The van der Waals surface area contributed by atoms with Crippen molar-refractivity contribution >= 4 is 11.5 Å². The maximum atomic E-state index is 9.30. The molecule has 0 unspecified atom stereocenters. The first-order valence-corrected chi connectivity index (χ1v) is 5.27. The number of aromatic nitrogens is 1. The van der Waals surface area contributed by atoms with Gasteiger partial charge in [0.1, 0.15) is 6.07 Å². The van der Waals surface area contributed by atoms with Crippen molar-refractivity contribution in [2.75, 3.05) is 24.3 Å². The fourth-order valence-corrected chi connectivity index (χ4v) is 1.36. The molecule has 0 radical (unpaired) electrons. The van der Waals surface area contributed by atoms with E-state index >= 15 is 0 Å². The van der Waals surface area contributed by atoms with Gasteiger partial charge in [0.2, 0.25) is 0 Å². The van der Waals surface area contributed by atoms with Crippen LogP contribution in [0.2, 0.25) is 0 Å². The summed E-state index contributed by atoms with van der Waals surface area (Å²) in [6.45, 7) is 1.32. The lowest BCUT2D eigenvalue weighted by Gasteiger charge is -2.30. The summed E-state index contributed by atoms with van der Waals surface area (Å²) in [5.41, 5.74) is 5.40. The molecule has 0 amide bonds. The number of nitrogens with zero attached hydrogens (tertiary/aromatic N) is 2. The summed E-state index contributed by atoms with van der Waals surface area (Å²) in [6, 6.07) is 3.45. The van der Waals surface area contributed by atoms with Gasteiger partial charge in [-0.25, -0.2) is 4.98 Å². The minimum Gasteiger partial charge on any atom is -0.395 e. The van der Waals surface area contributed by atoms with Crippen LogP contribution >= 0.6 is 0 Å². The number of hydrogen-bond donors (Lipinski definition) is 4. The average molecular weight is 236 g/mol. The lowest BCUT2D eigenvalue weighted by Crippen LogP contribution is -2.45. The van der Waals surface area contributed by atoms with Crippen LogP contribution in [0.1, 0.15) is 18.9 Å². The third kappa shape index (κ3) is 2.64. The number of anilines is 2. The highest BCUT2D eigenvalue weighted by Gasteiger charge is 2.27. The molecule has 1 heterocycles. The fourth-order valence-electron chi connectivity index (χ4n) is 1.36. The van der Waals surface area contributed by atoms with Crippen molar-refractivity contribution in [1.82, 2.24) is 4.98 Å². The second-order valence-corrected chi connectivity index (χ2v) is 3.81. The van der Waals surface area contributed by atoms with Gasteiger partial charge in [-0.2, -0.15) is 5.26 Å². The molecule has 17 heavy (non-hydrogen) atoms. The van der Waals surface area contributed by atoms with Crippen LogP contribution in [0.15, 0.2) is 12.3 Å². The first-order valence-electron chi connectivity index (χ1n) is 5.27. The topological polar surface area (TPSA) is 115 Å². The molecule has 0 fully saturated rings. The molecule has 0 aliphatic rings. The highest BCUT2D eigenvalue weighted by molar-refractivity contribution is 5.69. The van der Waals surface area contributed by atoms with E-state index in [1.165, 1.54) is 12.3 Å². The van der Waals surface area contributed by atoms with Crippen LogP contribution in [-0.2, 0) is 0 Å². The monoisotopic (exact) mass is 236 g/mol. The van der Waals surface area contributed by atoms with E-state index in [2.05, 4.69) is 10.3 Å². The maximum absolute atomic E-state index is 9.30. The third-order valence-corrected chi connectivity index (χ3v) is 2.78. The average Bonchev–Trinajstić information content (AvgIpc) is 2.38. The van der Waals surface area contributed by atoms with Gasteiger partial charge >= 0.3 is 0 Å². The normalized spacial score (nSPS) is 10.9. The van der Waals surface area contributed by atoms with Crippen molar-refractivity contribution in [1.29, 1.82) is 5.26 Å². The lowest BCUT2D eigenvalue weighted by atomic mass is 9.98. The third-order valence-electron chi connectivity index (χ3n) is 2.78. The van der Waals surface area contributed by atoms with E-state index in [9.17, 15) is 10.2 Å². The van der Waals surface area contributed by atoms with E-state index in [4.69, 9.17) is 11.0 Å². The Labute approximate surface area is 99.7 Å². The van der Waals surface area contributed by atoms with E-state index in [-0.39, 0.29) is 18.9 Å². The van der Waals surface area contributed by atoms with Crippen LogP contribution in [0.3, 0.4) is 0 Å². The van der Waals surface area contributed by atoms with Crippen molar-refractivity contribution in [2.45, 2.75) is 18.9 Å². The number of nitrogen functional groups attached to an aromatic ring is 1. The summed E-state index contributed by atoms with van der Waals surface area (Å²) < 4.78 is 0. The number of nitriles is 1. The van der Waals surface area contributed by atoms with Gasteiger partial charge in [-0.15, -0.1) is 0 Å². The Morgan fingerprint density at radius 1 is 1.53 bits per heavy atom. The van der Waals surface area contributed by atoms with Crippen LogP contribution in [0, 0.1) is 11.3 Å². The van der Waals surface area contributed by atoms with Gasteiger partial charge in [0, 0.05) is 6.20 Å². The van der Waals surface area contributed by atoms with Gasteiger partial charge in [-0.05, 0) is 12.5 Å². The van der Waals surface area contributed by atoms with Crippen molar-refractivity contribution in [3.05, 3.63) is 17.8 Å². The quantitative estimate of drug-likeness (QED) is 0.575. The minimum atomic E-state index is -0.880.